The zero-order valence-electron chi connectivity index (χ0n) is 10.5. The summed E-state index contributed by atoms with van der Waals surface area (Å²) >= 11 is 1.62. The van der Waals surface area contributed by atoms with Gasteiger partial charge in [-0.2, -0.15) is 11.3 Å². The maximum Gasteiger partial charge on any atom is 0.323 e. The van der Waals surface area contributed by atoms with Crippen molar-refractivity contribution in [3.63, 3.8) is 0 Å². The van der Waals surface area contributed by atoms with E-state index in [1.165, 1.54) is 10.5 Å². The summed E-state index contributed by atoms with van der Waals surface area (Å²) in [5.74, 6) is -1.00. The lowest BCUT2D eigenvalue weighted by atomic mass is 10.2. The molecular formula is C12H18N2O3S. The predicted molar refractivity (Wildman–Crippen MR) is 70.9 cm³/mol. The third-order valence-corrected chi connectivity index (χ3v) is 3.19. The van der Waals surface area contributed by atoms with E-state index in [0.29, 0.717) is 6.54 Å². The fourth-order valence-corrected chi connectivity index (χ4v) is 2.19. The largest absolute Gasteiger partial charge is 0.480 e. The molecular weight excluding hydrogens is 252 g/mol. The van der Waals surface area contributed by atoms with Crippen LogP contribution in [0.25, 0.3) is 0 Å². The van der Waals surface area contributed by atoms with Crippen molar-refractivity contribution in [1.82, 2.24) is 10.2 Å². The van der Waals surface area contributed by atoms with E-state index in [1.807, 2.05) is 16.8 Å². The number of hydrogen-bond acceptors (Lipinski definition) is 3. The fraction of sp³-hybridized carbons (Fsp3) is 0.500. The van der Waals surface area contributed by atoms with Crippen LogP contribution >= 0.6 is 11.3 Å². The summed E-state index contributed by atoms with van der Waals surface area (Å²) < 4.78 is 0. The van der Waals surface area contributed by atoms with Crippen LogP contribution in [0.15, 0.2) is 16.8 Å². The van der Waals surface area contributed by atoms with Gasteiger partial charge in [-0.25, -0.2) is 4.79 Å². The Morgan fingerprint density at radius 2 is 2.22 bits per heavy atom. The van der Waals surface area contributed by atoms with E-state index < -0.39 is 5.97 Å². The predicted octanol–water partition coefficient (Wildman–Crippen LogP) is 1.80. The molecule has 5 nitrogen and oxygen atoms in total. The number of urea groups is 1. The van der Waals surface area contributed by atoms with E-state index >= 15 is 0 Å². The second kappa shape index (κ2) is 7.00. The second-order valence-corrected chi connectivity index (χ2v) is 5.01. The molecule has 6 heteroatoms. The van der Waals surface area contributed by atoms with Crippen LogP contribution in [0.2, 0.25) is 0 Å². The van der Waals surface area contributed by atoms with Crippen molar-refractivity contribution in [3.05, 3.63) is 22.4 Å². The van der Waals surface area contributed by atoms with E-state index in [1.54, 1.807) is 25.2 Å². The van der Waals surface area contributed by atoms with Gasteiger partial charge in [-0.3, -0.25) is 4.79 Å². The molecule has 0 atom stereocenters. The number of nitrogens with one attached hydrogen (secondary N) is 1. The Bertz CT molecular complexity index is 390. The maximum atomic E-state index is 11.8. The molecule has 0 aliphatic carbocycles. The molecule has 1 aromatic heterocycles. The third kappa shape index (κ3) is 4.75. The highest BCUT2D eigenvalue weighted by atomic mass is 32.1. The Balaban J connectivity index is 2.39. The quantitative estimate of drug-likeness (QED) is 0.828. The molecule has 2 N–H and O–H groups in total. The van der Waals surface area contributed by atoms with Gasteiger partial charge in [-0.15, -0.1) is 0 Å². The lowest BCUT2D eigenvalue weighted by Crippen LogP contribution is -2.46. The molecule has 0 aliphatic rings. The molecule has 0 aliphatic heterocycles. The van der Waals surface area contributed by atoms with E-state index in [2.05, 4.69) is 5.32 Å². The Morgan fingerprint density at radius 3 is 2.72 bits per heavy atom. The molecule has 100 valence electrons. The molecule has 0 radical (unpaired) electrons. The van der Waals surface area contributed by atoms with Gasteiger partial charge in [0.25, 0.3) is 0 Å². The van der Waals surface area contributed by atoms with E-state index in [-0.39, 0.29) is 18.6 Å². The van der Waals surface area contributed by atoms with Gasteiger partial charge in [0, 0.05) is 12.6 Å². The van der Waals surface area contributed by atoms with E-state index in [0.717, 1.165) is 6.42 Å². The number of aliphatic carboxylic acids is 1. The summed E-state index contributed by atoms with van der Waals surface area (Å²) in [6, 6.07) is 1.54. The van der Waals surface area contributed by atoms with Crippen molar-refractivity contribution < 1.29 is 14.7 Å². The Kier molecular flexibility index (Phi) is 5.64. The number of carboxylic acid groups (broad SMARTS) is 1. The number of carboxylic acids is 1. The van der Waals surface area contributed by atoms with Gasteiger partial charge in [-0.1, -0.05) is 0 Å². The second-order valence-electron chi connectivity index (χ2n) is 4.23. The average molecular weight is 270 g/mol. The number of rotatable bonds is 6. The number of carbonyl (C=O) groups excluding carboxylic acids is 1. The maximum absolute atomic E-state index is 11.8. The molecule has 2 amide bonds. The minimum absolute atomic E-state index is 0.137. The van der Waals surface area contributed by atoms with E-state index in [4.69, 9.17) is 5.11 Å². The average Bonchev–Trinajstić information content (AvgIpc) is 2.78. The van der Waals surface area contributed by atoms with Crippen LogP contribution < -0.4 is 5.32 Å². The third-order valence-electron chi connectivity index (χ3n) is 2.46. The van der Waals surface area contributed by atoms with Crippen molar-refractivity contribution in [2.75, 3.05) is 13.1 Å². The van der Waals surface area contributed by atoms with Crippen molar-refractivity contribution in [2.24, 2.45) is 0 Å². The molecule has 1 rings (SSSR count). The molecule has 18 heavy (non-hydrogen) atoms. The summed E-state index contributed by atoms with van der Waals surface area (Å²) in [5, 5.41) is 15.5. The van der Waals surface area contributed by atoms with Crippen molar-refractivity contribution in [3.8, 4) is 0 Å². The zero-order chi connectivity index (χ0) is 13.5. The molecule has 1 aromatic rings. The number of thiophene rings is 1. The monoisotopic (exact) mass is 270 g/mol. The molecule has 1 heterocycles. The van der Waals surface area contributed by atoms with Crippen molar-refractivity contribution in [2.45, 2.75) is 26.3 Å². The smallest absolute Gasteiger partial charge is 0.323 e. The normalized spacial score (nSPS) is 10.4. The molecule has 0 aromatic carbocycles. The zero-order valence-corrected chi connectivity index (χ0v) is 11.4. The van der Waals surface area contributed by atoms with Crippen LogP contribution in [-0.4, -0.2) is 41.1 Å². The molecule has 0 fully saturated rings. The van der Waals surface area contributed by atoms with Crippen LogP contribution in [0.3, 0.4) is 0 Å². The summed E-state index contributed by atoms with van der Waals surface area (Å²) in [6.07, 6.45) is 0.758. The Labute approximate surface area is 110 Å². The lowest BCUT2D eigenvalue weighted by molar-refractivity contribution is -0.138. The molecule has 0 unspecified atom stereocenters. The van der Waals surface area contributed by atoms with Crippen LogP contribution in [0.1, 0.15) is 19.4 Å². The first-order valence-electron chi connectivity index (χ1n) is 5.78. The van der Waals surface area contributed by atoms with Crippen LogP contribution in [-0.2, 0) is 11.2 Å². The first kappa shape index (κ1) is 14.5. The van der Waals surface area contributed by atoms with Gasteiger partial charge in [-0.05, 0) is 42.7 Å². The number of nitrogens with zero attached hydrogens (tertiary/aromatic N) is 1. The summed E-state index contributed by atoms with van der Waals surface area (Å²) in [5.41, 5.74) is 1.18. The van der Waals surface area contributed by atoms with Gasteiger partial charge in [0.1, 0.15) is 6.54 Å². The summed E-state index contributed by atoms with van der Waals surface area (Å²) in [7, 11) is 0. The van der Waals surface area contributed by atoms with Crippen molar-refractivity contribution in [1.29, 1.82) is 0 Å². The standard InChI is InChI=1S/C12H18N2O3S/c1-9(2)14(7-11(15)16)12(17)13-5-3-10-4-6-18-8-10/h4,6,8-9H,3,5,7H2,1-2H3,(H,13,17)(H,15,16). The molecule has 0 bridgehead atoms. The minimum atomic E-state index is -1.00. The van der Waals surface area contributed by atoms with Crippen LogP contribution in [0, 0.1) is 0 Å². The summed E-state index contributed by atoms with van der Waals surface area (Å²) in [4.78, 5) is 23.8. The van der Waals surface area contributed by atoms with Gasteiger partial charge in [0.05, 0.1) is 0 Å². The lowest BCUT2D eigenvalue weighted by Gasteiger charge is -2.25. The minimum Gasteiger partial charge on any atom is -0.480 e. The van der Waals surface area contributed by atoms with Gasteiger partial charge in [0.15, 0.2) is 0 Å². The molecule has 0 saturated heterocycles. The van der Waals surface area contributed by atoms with Gasteiger partial charge >= 0.3 is 12.0 Å². The van der Waals surface area contributed by atoms with Gasteiger partial charge in [0.2, 0.25) is 0 Å². The highest BCUT2D eigenvalue weighted by Crippen LogP contribution is 2.06. The highest BCUT2D eigenvalue weighted by Gasteiger charge is 2.19. The van der Waals surface area contributed by atoms with E-state index in [9.17, 15) is 9.59 Å². The Morgan fingerprint density at radius 1 is 1.50 bits per heavy atom. The molecule has 0 saturated carbocycles. The summed E-state index contributed by atoms with van der Waals surface area (Å²) in [6.45, 7) is 3.82. The highest BCUT2D eigenvalue weighted by molar-refractivity contribution is 7.07. The number of hydrogen-bond donors (Lipinski definition) is 2. The van der Waals surface area contributed by atoms with Crippen LogP contribution in [0.5, 0.6) is 0 Å². The first-order valence-corrected chi connectivity index (χ1v) is 6.72. The number of carbonyl (C=O) groups is 2. The van der Waals surface area contributed by atoms with Crippen molar-refractivity contribution >= 4 is 23.3 Å². The van der Waals surface area contributed by atoms with Crippen LogP contribution in [0.4, 0.5) is 4.79 Å². The number of amides is 2. The topological polar surface area (TPSA) is 69.6 Å². The molecule has 0 spiro atoms. The fourth-order valence-electron chi connectivity index (χ4n) is 1.48. The Hall–Kier alpha value is -1.56. The van der Waals surface area contributed by atoms with Gasteiger partial charge < -0.3 is 15.3 Å². The first-order chi connectivity index (χ1) is 8.50. The SMILES string of the molecule is CC(C)N(CC(=O)O)C(=O)NCCc1ccsc1.